The van der Waals surface area contributed by atoms with Gasteiger partial charge in [-0.15, -0.1) is 0 Å². The van der Waals surface area contributed by atoms with Crippen LogP contribution in [0.4, 0.5) is 0 Å². The van der Waals surface area contributed by atoms with Crippen LogP contribution >= 0.6 is 0 Å². The van der Waals surface area contributed by atoms with Gasteiger partial charge in [-0.1, -0.05) is 60.7 Å². The van der Waals surface area contributed by atoms with Crippen molar-refractivity contribution in [1.29, 1.82) is 0 Å². The lowest BCUT2D eigenvalue weighted by Crippen LogP contribution is -2.24. The maximum atomic E-state index is 10.3. The Hall–Kier alpha value is -2.47. The lowest BCUT2D eigenvalue weighted by atomic mass is 10.1. The van der Waals surface area contributed by atoms with E-state index in [-0.39, 0.29) is 19.0 Å². The Bertz CT molecular complexity index is 700. The first kappa shape index (κ1) is 16.4. The third-order valence-electron chi connectivity index (χ3n) is 3.64. The highest BCUT2D eigenvalue weighted by molar-refractivity contribution is 5.76. The molecule has 0 spiro atoms. The summed E-state index contributed by atoms with van der Waals surface area (Å²) in [5.41, 5.74) is 2.55. The molecule has 0 aliphatic rings. The molecule has 0 saturated heterocycles. The predicted molar refractivity (Wildman–Crippen MR) is 92.3 cm³/mol. The topological polar surface area (TPSA) is 78.5 Å². The number of oxazole rings is 1. The van der Waals surface area contributed by atoms with Crippen LogP contribution < -0.4 is 5.32 Å². The fraction of sp³-hybridized carbons (Fsp3) is 0.211. The van der Waals surface area contributed by atoms with E-state index >= 15 is 0 Å². The number of hydrogen-bond acceptors (Lipinski definition) is 5. The Morgan fingerprint density at radius 1 is 0.958 bits per heavy atom. The predicted octanol–water partition coefficient (Wildman–Crippen LogP) is 2.62. The lowest BCUT2D eigenvalue weighted by molar-refractivity contribution is 0.140. The summed E-state index contributed by atoms with van der Waals surface area (Å²) in [5.74, 6) is 0.899. The molecule has 1 unspecified atom stereocenters. The van der Waals surface area contributed by atoms with Gasteiger partial charge in [0.15, 0.2) is 5.76 Å². The largest absolute Gasteiger partial charge is 0.437 e. The monoisotopic (exact) mass is 324 g/mol. The second-order valence-electron chi connectivity index (χ2n) is 5.41. The van der Waals surface area contributed by atoms with Gasteiger partial charge in [0.25, 0.3) is 0 Å². The Kier molecular flexibility index (Phi) is 5.38. The molecular weight excluding hydrogens is 304 g/mol. The molecule has 0 amide bonds. The number of aliphatic hydroxyl groups is 2. The third kappa shape index (κ3) is 3.71. The highest BCUT2D eigenvalue weighted by Crippen LogP contribution is 2.34. The SMILES string of the molecule is OCCNCC(O)c1nc(-c2ccccc2)c(-c2ccccc2)o1. The van der Waals surface area contributed by atoms with Crippen LogP contribution in [-0.2, 0) is 0 Å². The molecule has 3 N–H and O–H groups in total. The highest BCUT2D eigenvalue weighted by atomic mass is 16.4. The maximum Gasteiger partial charge on any atom is 0.225 e. The number of hydrogen-bond donors (Lipinski definition) is 3. The van der Waals surface area contributed by atoms with Gasteiger partial charge in [-0.25, -0.2) is 4.98 Å². The van der Waals surface area contributed by atoms with Crippen LogP contribution in [0.2, 0.25) is 0 Å². The van der Waals surface area contributed by atoms with E-state index < -0.39 is 6.10 Å². The maximum absolute atomic E-state index is 10.3. The summed E-state index contributed by atoms with van der Waals surface area (Å²) in [6.45, 7) is 0.696. The molecule has 1 aromatic heterocycles. The molecule has 3 rings (SSSR count). The Balaban J connectivity index is 1.97. The number of aliphatic hydroxyl groups excluding tert-OH is 2. The van der Waals surface area contributed by atoms with Crippen LogP contribution in [0.15, 0.2) is 65.1 Å². The Morgan fingerprint density at radius 3 is 2.21 bits per heavy atom. The normalized spacial score (nSPS) is 12.2. The second kappa shape index (κ2) is 7.88. The van der Waals surface area contributed by atoms with Gasteiger partial charge in [-0.05, 0) is 0 Å². The molecule has 24 heavy (non-hydrogen) atoms. The first-order valence-electron chi connectivity index (χ1n) is 7.91. The van der Waals surface area contributed by atoms with E-state index in [1.165, 1.54) is 0 Å². The molecule has 5 nitrogen and oxygen atoms in total. The molecule has 0 bridgehead atoms. The third-order valence-corrected chi connectivity index (χ3v) is 3.64. The van der Waals surface area contributed by atoms with Crippen molar-refractivity contribution < 1.29 is 14.6 Å². The van der Waals surface area contributed by atoms with Crippen molar-refractivity contribution in [3.05, 3.63) is 66.6 Å². The van der Waals surface area contributed by atoms with Crippen LogP contribution in [0.25, 0.3) is 22.6 Å². The van der Waals surface area contributed by atoms with Crippen LogP contribution in [0.3, 0.4) is 0 Å². The van der Waals surface area contributed by atoms with E-state index in [4.69, 9.17) is 9.52 Å². The van der Waals surface area contributed by atoms with E-state index in [9.17, 15) is 5.11 Å². The smallest absolute Gasteiger partial charge is 0.225 e. The van der Waals surface area contributed by atoms with Gasteiger partial charge in [0, 0.05) is 24.2 Å². The highest BCUT2D eigenvalue weighted by Gasteiger charge is 2.21. The summed E-state index contributed by atoms with van der Waals surface area (Å²) in [5, 5.41) is 22.0. The number of benzene rings is 2. The van der Waals surface area contributed by atoms with Crippen LogP contribution in [0, 0.1) is 0 Å². The van der Waals surface area contributed by atoms with Crippen molar-refractivity contribution >= 4 is 0 Å². The van der Waals surface area contributed by atoms with Gasteiger partial charge in [0.05, 0.1) is 6.61 Å². The van der Waals surface area contributed by atoms with E-state index in [0.29, 0.717) is 18.0 Å². The van der Waals surface area contributed by atoms with Gasteiger partial charge >= 0.3 is 0 Å². The molecule has 124 valence electrons. The average molecular weight is 324 g/mol. The van der Waals surface area contributed by atoms with Crippen molar-refractivity contribution in [2.75, 3.05) is 19.7 Å². The molecule has 5 heteroatoms. The molecule has 2 aromatic carbocycles. The molecule has 0 aliphatic carbocycles. The van der Waals surface area contributed by atoms with Gasteiger partial charge in [0.2, 0.25) is 5.89 Å². The minimum atomic E-state index is -0.878. The summed E-state index contributed by atoms with van der Waals surface area (Å²) in [7, 11) is 0. The summed E-state index contributed by atoms with van der Waals surface area (Å²) in [4.78, 5) is 4.52. The minimum Gasteiger partial charge on any atom is -0.437 e. The minimum absolute atomic E-state index is 0.0167. The molecule has 3 aromatic rings. The van der Waals surface area contributed by atoms with Gasteiger partial charge in [0.1, 0.15) is 11.8 Å². The number of nitrogens with zero attached hydrogens (tertiary/aromatic N) is 1. The Morgan fingerprint density at radius 2 is 1.58 bits per heavy atom. The van der Waals surface area contributed by atoms with Crippen molar-refractivity contribution in [2.24, 2.45) is 0 Å². The first-order chi connectivity index (χ1) is 11.8. The van der Waals surface area contributed by atoms with Crippen molar-refractivity contribution in [2.45, 2.75) is 6.10 Å². The van der Waals surface area contributed by atoms with Crippen LogP contribution in [0.5, 0.6) is 0 Å². The van der Waals surface area contributed by atoms with Crippen LogP contribution in [-0.4, -0.2) is 34.9 Å². The quantitative estimate of drug-likeness (QED) is 0.582. The molecule has 0 fully saturated rings. The first-order valence-corrected chi connectivity index (χ1v) is 7.91. The molecule has 0 saturated carbocycles. The van der Waals surface area contributed by atoms with Crippen molar-refractivity contribution in [1.82, 2.24) is 10.3 Å². The zero-order chi connectivity index (χ0) is 16.8. The van der Waals surface area contributed by atoms with Gasteiger partial charge in [-0.2, -0.15) is 0 Å². The summed E-state index contributed by atoms with van der Waals surface area (Å²) in [6.07, 6.45) is -0.878. The number of rotatable bonds is 7. The van der Waals surface area contributed by atoms with E-state index in [1.807, 2.05) is 60.7 Å². The van der Waals surface area contributed by atoms with Gasteiger partial charge < -0.3 is 19.9 Å². The van der Waals surface area contributed by atoms with E-state index in [1.54, 1.807) is 0 Å². The van der Waals surface area contributed by atoms with Gasteiger partial charge in [-0.3, -0.25) is 0 Å². The molecule has 1 atom stereocenters. The molecular formula is C19H20N2O3. The number of nitrogens with one attached hydrogen (secondary N) is 1. The molecule has 0 aliphatic heterocycles. The second-order valence-corrected chi connectivity index (χ2v) is 5.41. The van der Waals surface area contributed by atoms with Crippen molar-refractivity contribution in [3.8, 4) is 22.6 Å². The lowest BCUT2D eigenvalue weighted by Gasteiger charge is -2.06. The molecule has 0 radical (unpaired) electrons. The zero-order valence-corrected chi connectivity index (χ0v) is 13.2. The fourth-order valence-electron chi connectivity index (χ4n) is 2.46. The number of aromatic nitrogens is 1. The van der Waals surface area contributed by atoms with Crippen molar-refractivity contribution in [3.63, 3.8) is 0 Å². The fourth-order valence-corrected chi connectivity index (χ4v) is 2.46. The van der Waals surface area contributed by atoms with E-state index in [0.717, 1.165) is 11.1 Å². The van der Waals surface area contributed by atoms with E-state index in [2.05, 4.69) is 10.3 Å². The summed E-state index contributed by atoms with van der Waals surface area (Å²) in [6, 6.07) is 19.5. The zero-order valence-electron chi connectivity index (χ0n) is 13.2. The summed E-state index contributed by atoms with van der Waals surface area (Å²) >= 11 is 0. The standard InChI is InChI=1S/C19H20N2O3/c22-12-11-20-13-16(23)19-21-17(14-7-3-1-4-8-14)18(24-19)15-9-5-2-6-10-15/h1-10,16,20,22-23H,11-13H2. The Labute approximate surface area is 140 Å². The summed E-state index contributed by atoms with van der Waals surface area (Å²) < 4.78 is 5.88. The van der Waals surface area contributed by atoms with Crippen LogP contribution in [0.1, 0.15) is 12.0 Å². The average Bonchev–Trinajstić information content (AvgIpc) is 3.09. The molecule has 1 heterocycles.